The monoisotopic (exact) mass is 357 g/mol. The van der Waals surface area contributed by atoms with Gasteiger partial charge in [-0.15, -0.1) is 0 Å². The van der Waals surface area contributed by atoms with Gasteiger partial charge in [0.25, 0.3) is 5.91 Å². The van der Waals surface area contributed by atoms with Crippen molar-refractivity contribution in [2.45, 2.75) is 18.9 Å². The molecule has 0 saturated carbocycles. The van der Waals surface area contributed by atoms with Crippen LogP contribution in [0.4, 0.5) is 5.00 Å². The van der Waals surface area contributed by atoms with E-state index in [0.29, 0.717) is 6.42 Å². The largest absolute Gasteiger partial charge is 0.336 e. The second-order valence-electron chi connectivity index (χ2n) is 5.90. The summed E-state index contributed by atoms with van der Waals surface area (Å²) in [5.41, 5.74) is 0.113. The summed E-state index contributed by atoms with van der Waals surface area (Å²) in [5, 5.41) is 17.8. The summed E-state index contributed by atoms with van der Waals surface area (Å²) < 4.78 is 0. The highest BCUT2D eigenvalue weighted by Gasteiger charge is 2.40. The number of hydrogen-bond acceptors (Lipinski definition) is 5. The number of benzene rings is 1. The van der Waals surface area contributed by atoms with Crippen LogP contribution in [0.2, 0.25) is 0 Å². The van der Waals surface area contributed by atoms with Crippen molar-refractivity contribution in [1.29, 1.82) is 0 Å². The number of nitrogens with one attached hydrogen (secondary N) is 2. The molecule has 8 heteroatoms. The Morgan fingerprint density at radius 3 is 2.64 bits per heavy atom. The molecule has 1 unspecified atom stereocenters. The maximum absolute atomic E-state index is 12.5. The van der Waals surface area contributed by atoms with Crippen molar-refractivity contribution in [1.82, 2.24) is 10.6 Å². The van der Waals surface area contributed by atoms with Crippen molar-refractivity contribution >= 4 is 34.2 Å². The Bertz CT molecular complexity index is 875. The van der Waals surface area contributed by atoms with Gasteiger partial charge in [-0.1, -0.05) is 41.7 Å². The average Bonchev–Trinajstić information content (AvgIpc) is 3.02. The van der Waals surface area contributed by atoms with Crippen molar-refractivity contribution in [2.24, 2.45) is 0 Å². The minimum atomic E-state index is -1.09. The van der Waals surface area contributed by atoms with Gasteiger partial charge in [0.2, 0.25) is 5.91 Å². The van der Waals surface area contributed by atoms with Gasteiger partial charge in [-0.05, 0) is 30.0 Å². The van der Waals surface area contributed by atoms with Crippen LogP contribution in [0.15, 0.2) is 47.5 Å². The normalized spacial score (nSPS) is 21.7. The number of thiophene rings is 1. The van der Waals surface area contributed by atoms with Crippen LogP contribution in [-0.2, 0) is 16.0 Å². The van der Waals surface area contributed by atoms with Gasteiger partial charge >= 0.3 is 5.00 Å². The van der Waals surface area contributed by atoms with E-state index in [1.165, 1.54) is 12.1 Å². The maximum Gasteiger partial charge on any atom is 0.331 e. The van der Waals surface area contributed by atoms with Gasteiger partial charge in [-0.3, -0.25) is 19.7 Å². The van der Waals surface area contributed by atoms with E-state index in [1.54, 1.807) is 12.3 Å². The molecule has 0 spiro atoms. The number of nitrogens with zero attached hydrogens (tertiary/aromatic N) is 1. The van der Waals surface area contributed by atoms with Crippen LogP contribution in [0.3, 0.4) is 0 Å². The molecule has 7 nitrogen and oxygen atoms in total. The molecule has 128 valence electrons. The van der Waals surface area contributed by atoms with E-state index < -0.39 is 16.4 Å². The Morgan fingerprint density at radius 1 is 1.24 bits per heavy atom. The van der Waals surface area contributed by atoms with Gasteiger partial charge < -0.3 is 10.6 Å². The highest BCUT2D eigenvalue weighted by molar-refractivity contribution is 7.13. The molecule has 1 saturated heterocycles. The molecule has 2 heterocycles. The van der Waals surface area contributed by atoms with E-state index in [0.717, 1.165) is 16.9 Å². The minimum Gasteiger partial charge on any atom is -0.336 e. The summed E-state index contributed by atoms with van der Waals surface area (Å²) in [6.45, 7) is 1.65. The number of carbonyl (C=O) groups excluding carboxylic acids is 2. The molecular weight excluding hydrogens is 342 g/mol. The molecule has 2 aromatic rings. The third-order valence-corrected chi connectivity index (χ3v) is 4.80. The molecular formula is C17H15N3O4S. The van der Waals surface area contributed by atoms with Crippen molar-refractivity contribution in [3.63, 3.8) is 0 Å². The first-order chi connectivity index (χ1) is 11.9. The molecule has 1 aromatic carbocycles. The smallest absolute Gasteiger partial charge is 0.331 e. The summed E-state index contributed by atoms with van der Waals surface area (Å²) in [6, 6.07) is 10.9. The number of nitro groups is 1. The van der Waals surface area contributed by atoms with Crippen LogP contribution in [0, 0.1) is 10.1 Å². The second kappa shape index (κ2) is 6.48. The summed E-state index contributed by atoms with van der Waals surface area (Å²) >= 11 is 0.962. The van der Waals surface area contributed by atoms with Crippen molar-refractivity contribution in [2.75, 3.05) is 0 Å². The van der Waals surface area contributed by atoms with E-state index in [2.05, 4.69) is 10.6 Å². The van der Waals surface area contributed by atoms with Crippen LogP contribution in [0.1, 0.15) is 18.1 Å². The molecule has 0 bridgehead atoms. The summed E-state index contributed by atoms with van der Waals surface area (Å²) in [7, 11) is 0. The van der Waals surface area contributed by atoms with Crippen LogP contribution in [0.25, 0.3) is 6.08 Å². The average molecular weight is 357 g/mol. The van der Waals surface area contributed by atoms with E-state index in [4.69, 9.17) is 0 Å². The van der Waals surface area contributed by atoms with Crippen LogP contribution >= 0.6 is 11.3 Å². The molecule has 0 radical (unpaired) electrons. The van der Waals surface area contributed by atoms with Gasteiger partial charge in [-0.2, -0.15) is 0 Å². The zero-order chi connectivity index (χ0) is 18.0. The molecule has 3 rings (SSSR count). The Balaban J connectivity index is 1.84. The second-order valence-corrected chi connectivity index (χ2v) is 6.79. The predicted octanol–water partition coefficient (Wildman–Crippen LogP) is 2.24. The molecule has 2 amide bonds. The summed E-state index contributed by atoms with van der Waals surface area (Å²) in [5.74, 6) is -0.835. The molecule has 0 aliphatic carbocycles. The number of carbonyl (C=O) groups is 2. The Labute approximate surface area is 147 Å². The van der Waals surface area contributed by atoms with E-state index in [1.807, 2.05) is 30.3 Å². The molecule has 1 fully saturated rings. The molecule has 1 aliphatic rings. The number of hydrogen-bond donors (Lipinski definition) is 2. The summed E-state index contributed by atoms with van der Waals surface area (Å²) in [6.07, 6.45) is 1.67. The van der Waals surface area contributed by atoms with E-state index in [-0.39, 0.29) is 22.2 Å². The molecule has 1 atom stereocenters. The first-order valence-corrected chi connectivity index (χ1v) is 8.38. The fraction of sp³-hybridized carbons (Fsp3) is 0.176. The van der Waals surface area contributed by atoms with Gasteiger partial charge in [0.15, 0.2) is 0 Å². The highest BCUT2D eigenvalue weighted by Crippen LogP contribution is 2.28. The zero-order valence-electron chi connectivity index (χ0n) is 13.3. The molecule has 2 N–H and O–H groups in total. The zero-order valence-corrected chi connectivity index (χ0v) is 14.1. The van der Waals surface area contributed by atoms with Gasteiger partial charge in [0, 0.05) is 6.42 Å². The van der Waals surface area contributed by atoms with Crippen LogP contribution in [0.5, 0.6) is 0 Å². The lowest BCUT2D eigenvalue weighted by Crippen LogP contribution is -2.64. The van der Waals surface area contributed by atoms with Gasteiger partial charge in [0.05, 0.1) is 10.5 Å². The van der Waals surface area contributed by atoms with Crippen molar-refractivity contribution < 1.29 is 14.5 Å². The van der Waals surface area contributed by atoms with Gasteiger partial charge in [0.1, 0.15) is 11.2 Å². The van der Waals surface area contributed by atoms with Crippen LogP contribution in [-0.4, -0.2) is 22.3 Å². The lowest BCUT2D eigenvalue weighted by atomic mass is 9.89. The fourth-order valence-corrected chi connectivity index (χ4v) is 3.34. The molecule has 1 aliphatic heterocycles. The minimum absolute atomic E-state index is 0.00274. The SMILES string of the molecule is CC1(Cc2ccccc2)NC(=O)/C(=C/c2ccsc2[N+](=O)[O-])NC1=O. The highest BCUT2D eigenvalue weighted by atomic mass is 32.1. The Kier molecular flexibility index (Phi) is 4.37. The van der Waals surface area contributed by atoms with E-state index in [9.17, 15) is 19.7 Å². The number of rotatable bonds is 4. The van der Waals surface area contributed by atoms with Crippen molar-refractivity contribution in [3.8, 4) is 0 Å². The number of piperazine rings is 1. The van der Waals surface area contributed by atoms with E-state index >= 15 is 0 Å². The standard InChI is InChI=1S/C17H15N3O4S/c1-17(10-11-5-3-2-4-6-11)16(22)18-13(14(21)19-17)9-12-7-8-25-15(12)20(23)24/h2-9H,10H2,1H3,(H,18,22)(H,19,21)/b13-9-. The first-order valence-electron chi connectivity index (χ1n) is 7.50. The Morgan fingerprint density at radius 2 is 1.96 bits per heavy atom. The lowest BCUT2D eigenvalue weighted by molar-refractivity contribution is -0.380. The third kappa shape index (κ3) is 3.43. The summed E-state index contributed by atoms with van der Waals surface area (Å²) in [4.78, 5) is 35.4. The molecule has 25 heavy (non-hydrogen) atoms. The van der Waals surface area contributed by atoms with Crippen LogP contribution < -0.4 is 10.6 Å². The third-order valence-electron chi connectivity index (χ3n) is 3.92. The first kappa shape index (κ1) is 16.8. The quantitative estimate of drug-likeness (QED) is 0.498. The van der Waals surface area contributed by atoms with Crippen molar-refractivity contribution in [3.05, 3.63) is 68.7 Å². The lowest BCUT2D eigenvalue weighted by Gasteiger charge is -2.34. The van der Waals surface area contributed by atoms with Gasteiger partial charge in [-0.25, -0.2) is 0 Å². The maximum atomic E-state index is 12.5. The Hall–Kier alpha value is -3.00. The topological polar surface area (TPSA) is 101 Å². The predicted molar refractivity (Wildman–Crippen MR) is 93.8 cm³/mol. The fourth-order valence-electron chi connectivity index (χ4n) is 2.65. The number of amides is 2. The molecule has 1 aromatic heterocycles.